The van der Waals surface area contributed by atoms with E-state index in [1.807, 2.05) is 0 Å². The molecule has 0 fully saturated rings. The normalized spacial score (nSPS) is 11.1. The van der Waals surface area contributed by atoms with Gasteiger partial charge in [-0.05, 0) is 48.5 Å². The molecule has 0 saturated heterocycles. The van der Waals surface area contributed by atoms with Crippen LogP contribution < -0.4 is 20.7 Å². The van der Waals surface area contributed by atoms with E-state index in [4.69, 9.17) is 9.47 Å². The fraction of sp³-hybridized carbons (Fsp3) is 0.154. The zero-order chi connectivity index (χ0) is 25.9. The van der Waals surface area contributed by atoms with Crippen LogP contribution in [0.15, 0.2) is 78.9 Å². The first-order valence-corrected chi connectivity index (χ1v) is 10.9. The van der Waals surface area contributed by atoms with Crippen molar-refractivity contribution in [3.63, 3.8) is 0 Å². The summed E-state index contributed by atoms with van der Waals surface area (Å²) in [6.07, 6.45) is 0. The van der Waals surface area contributed by atoms with Gasteiger partial charge in [0.15, 0.2) is 12.6 Å². The number of aliphatic hydroxyl groups is 1. The van der Waals surface area contributed by atoms with Crippen LogP contribution >= 0.6 is 0 Å². The number of esters is 1. The Hall–Kier alpha value is -4.70. The third kappa shape index (κ3) is 7.15. The number of nitrogens with one attached hydrogen (secondary N) is 3. The molecule has 0 heterocycles. The summed E-state index contributed by atoms with van der Waals surface area (Å²) < 4.78 is 10.1. The van der Waals surface area contributed by atoms with Crippen molar-refractivity contribution in [3.05, 3.63) is 90.0 Å². The lowest BCUT2D eigenvalue weighted by Crippen LogP contribution is -2.45. The maximum absolute atomic E-state index is 12.5. The SMILES string of the molecule is COc1ccccc1NC(=O)c1ccc(NC(=O)COC(=O)C(CO)NC(=O)c2ccccc2)cc1. The molecule has 0 aliphatic carbocycles. The molecule has 0 aliphatic heterocycles. The summed E-state index contributed by atoms with van der Waals surface area (Å²) >= 11 is 0. The summed E-state index contributed by atoms with van der Waals surface area (Å²) in [5.41, 5.74) is 1.55. The standard InChI is InChI=1S/C26H25N3O7/c1-35-22-10-6-5-9-20(22)28-25(33)18-11-13-19(14-12-18)27-23(31)16-36-26(34)21(15-30)29-24(32)17-7-3-2-4-8-17/h2-14,21,30H,15-16H2,1H3,(H,27,31)(H,28,33)(H,29,32). The largest absolute Gasteiger partial charge is 0.495 e. The molecule has 1 unspecified atom stereocenters. The van der Waals surface area contributed by atoms with Gasteiger partial charge in [-0.1, -0.05) is 30.3 Å². The van der Waals surface area contributed by atoms with Crippen molar-refractivity contribution in [3.8, 4) is 5.75 Å². The molecule has 0 radical (unpaired) electrons. The minimum Gasteiger partial charge on any atom is -0.495 e. The van der Waals surface area contributed by atoms with Crippen molar-refractivity contribution >= 4 is 35.1 Å². The van der Waals surface area contributed by atoms with E-state index in [0.29, 0.717) is 28.3 Å². The number of ether oxygens (including phenoxy) is 2. The number of hydrogen-bond acceptors (Lipinski definition) is 7. The number of aliphatic hydroxyl groups excluding tert-OH is 1. The van der Waals surface area contributed by atoms with E-state index in [9.17, 15) is 24.3 Å². The van der Waals surface area contributed by atoms with Gasteiger partial charge in [0.2, 0.25) is 0 Å². The van der Waals surface area contributed by atoms with Gasteiger partial charge in [0.25, 0.3) is 17.7 Å². The maximum Gasteiger partial charge on any atom is 0.331 e. The Labute approximate surface area is 207 Å². The summed E-state index contributed by atoms with van der Waals surface area (Å²) in [5.74, 6) is -2.00. The number of para-hydroxylation sites is 2. The minimum absolute atomic E-state index is 0.307. The van der Waals surface area contributed by atoms with Crippen molar-refractivity contribution in [2.24, 2.45) is 0 Å². The van der Waals surface area contributed by atoms with Crippen LogP contribution in [0, 0.1) is 0 Å². The lowest BCUT2D eigenvalue weighted by atomic mass is 10.2. The maximum atomic E-state index is 12.5. The van der Waals surface area contributed by atoms with Gasteiger partial charge in [0.1, 0.15) is 5.75 Å². The van der Waals surface area contributed by atoms with Gasteiger partial charge >= 0.3 is 5.97 Å². The summed E-state index contributed by atoms with van der Waals surface area (Å²) in [7, 11) is 1.50. The van der Waals surface area contributed by atoms with Crippen LogP contribution in [0.1, 0.15) is 20.7 Å². The Morgan fingerprint density at radius 2 is 1.44 bits per heavy atom. The second kappa shape index (κ2) is 12.7. The van der Waals surface area contributed by atoms with Crippen LogP contribution in [0.5, 0.6) is 5.75 Å². The number of carbonyl (C=O) groups excluding carboxylic acids is 4. The topological polar surface area (TPSA) is 143 Å². The number of rotatable bonds is 10. The van der Waals surface area contributed by atoms with Crippen molar-refractivity contribution in [1.82, 2.24) is 5.32 Å². The van der Waals surface area contributed by atoms with Crippen molar-refractivity contribution in [2.75, 3.05) is 31.0 Å². The lowest BCUT2D eigenvalue weighted by Gasteiger charge is -2.15. The second-order valence-electron chi connectivity index (χ2n) is 7.46. The van der Waals surface area contributed by atoms with Gasteiger partial charge in [-0.3, -0.25) is 14.4 Å². The van der Waals surface area contributed by atoms with Gasteiger partial charge in [-0.15, -0.1) is 0 Å². The van der Waals surface area contributed by atoms with Gasteiger partial charge in [0.05, 0.1) is 19.4 Å². The molecule has 0 spiro atoms. The molecule has 1 atom stereocenters. The molecule has 0 aliphatic rings. The molecule has 0 aromatic heterocycles. The monoisotopic (exact) mass is 491 g/mol. The molecule has 36 heavy (non-hydrogen) atoms. The van der Waals surface area contributed by atoms with E-state index in [1.54, 1.807) is 54.6 Å². The van der Waals surface area contributed by atoms with Crippen molar-refractivity contribution in [1.29, 1.82) is 0 Å². The smallest absolute Gasteiger partial charge is 0.331 e. The first-order valence-electron chi connectivity index (χ1n) is 10.9. The molecular weight excluding hydrogens is 466 g/mol. The Morgan fingerprint density at radius 3 is 2.11 bits per heavy atom. The predicted molar refractivity (Wildman–Crippen MR) is 132 cm³/mol. The quantitative estimate of drug-likeness (QED) is 0.319. The fourth-order valence-corrected chi connectivity index (χ4v) is 3.09. The van der Waals surface area contributed by atoms with Gasteiger partial charge < -0.3 is 30.5 Å². The zero-order valence-electron chi connectivity index (χ0n) is 19.4. The highest BCUT2D eigenvalue weighted by Gasteiger charge is 2.23. The van der Waals surface area contributed by atoms with Crippen LogP contribution in [-0.2, 0) is 14.3 Å². The van der Waals surface area contributed by atoms with E-state index in [0.717, 1.165) is 0 Å². The number of carbonyl (C=O) groups is 4. The average Bonchev–Trinajstić information content (AvgIpc) is 2.91. The Balaban J connectivity index is 1.48. The lowest BCUT2D eigenvalue weighted by molar-refractivity contribution is -0.150. The van der Waals surface area contributed by atoms with Crippen LogP contribution in [0.3, 0.4) is 0 Å². The Morgan fingerprint density at radius 1 is 0.806 bits per heavy atom. The highest BCUT2D eigenvalue weighted by molar-refractivity contribution is 6.05. The van der Waals surface area contributed by atoms with Gasteiger partial charge in [0, 0.05) is 16.8 Å². The number of benzene rings is 3. The van der Waals surface area contributed by atoms with Crippen LogP contribution in [0.25, 0.3) is 0 Å². The molecule has 3 rings (SSSR count). The number of anilines is 2. The van der Waals surface area contributed by atoms with E-state index in [-0.39, 0.29) is 5.91 Å². The predicted octanol–water partition coefficient (Wildman–Crippen LogP) is 2.22. The summed E-state index contributed by atoms with van der Waals surface area (Å²) in [6.45, 7) is -1.33. The van der Waals surface area contributed by atoms with E-state index >= 15 is 0 Å². The summed E-state index contributed by atoms with van der Waals surface area (Å²) in [6, 6.07) is 19.9. The highest BCUT2D eigenvalue weighted by atomic mass is 16.5. The molecule has 3 aromatic carbocycles. The first-order chi connectivity index (χ1) is 17.4. The molecule has 0 saturated carbocycles. The van der Waals surface area contributed by atoms with Crippen molar-refractivity contribution < 1.29 is 33.8 Å². The summed E-state index contributed by atoms with van der Waals surface area (Å²) in [4.78, 5) is 49.0. The Bertz CT molecular complexity index is 1210. The molecule has 10 nitrogen and oxygen atoms in total. The summed E-state index contributed by atoms with van der Waals surface area (Å²) in [5, 5.41) is 17.1. The molecule has 3 aromatic rings. The molecular formula is C26H25N3O7. The average molecular weight is 492 g/mol. The molecule has 3 amide bonds. The van der Waals surface area contributed by atoms with E-state index in [2.05, 4.69) is 16.0 Å². The van der Waals surface area contributed by atoms with Gasteiger partial charge in [-0.2, -0.15) is 0 Å². The van der Waals surface area contributed by atoms with Gasteiger partial charge in [-0.25, -0.2) is 4.79 Å². The second-order valence-corrected chi connectivity index (χ2v) is 7.46. The van der Waals surface area contributed by atoms with E-state index < -0.39 is 37.0 Å². The van der Waals surface area contributed by atoms with Crippen LogP contribution in [0.4, 0.5) is 11.4 Å². The highest BCUT2D eigenvalue weighted by Crippen LogP contribution is 2.23. The molecule has 10 heteroatoms. The molecule has 186 valence electrons. The Kier molecular flexibility index (Phi) is 9.12. The minimum atomic E-state index is -1.33. The third-order valence-electron chi connectivity index (χ3n) is 4.94. The molecule has 4 N–H and O–H groups in total. The van der Waals surface area contributed by atoms with E-state index in [1.165, 1.54) is 31.4 Å². The fourth-order valence-electron chi connectivity index (χ4n) is 3.09. The molecule has 0 bridgehead atoms. The van der Waals surface area contributed by atoms with Crippen LogP contribution in [-0.4, -0.2) is 55.2 Å². The first kappa shape index (κ1) is 25.9. The van der Waals surface area contributed by atoms with Crippen LogP contribution in [0.2, 0.25) is 0 Å². The third-order valence-corrected chi connectivity index (χ3v) is 4.94. The van der Waals surface area contributed by atoms with Crippen molar-refractivity contribution in [2.45, 2.75) is 6.04 Å². The number of methoxy groups -OCH3 is 1. The number of hydrogen-bond donors (Lipinski definition) is 4. The zero-order valence-corrected chi connectivity index (χ0v) is 19.4. The number of amides is 3.